The van der Waals surface area contributed by atoms with Crippen molar-refractivity contribution in [2.45, 2.75) is 79.1 Å². The van der Waals surface area contributed by atoms with Crippen LogP contribution in [0.1, 0.15) is 79.1 Å². The summed E-state index contributed by atoms with van der Waals surface area (Å²) in [5.74, 6) is 1.47. The zero-order chi connectivity index (χ0) is 26.6. The van der Waals surface area contributed by atoms with E-state index >= 15 is 0 Å². The van der Waals surface area contributed by atoms with Gasteiger partial charge in [0.1, 0.15) is 11.5 Å². The molecule has 0 amide bonds. The molecule has 2 aliphatic heterocycles. The highest BCUT2D eigenvalue weighted by Crippen LogP contribution is 2.52. The summed E-state index contributed by atoms with van der Waals surface area (Å²) < 4.78 is 34.4. The number of rotatable bonds is 11. The molecule has 8 heteroatoms. The Hall–Kier alpha value is -1.26. The van der Waals surface area contributed by atoms with Crippen LogP contribution in [-0.4, -0.2) is 26.4 Å². The van der Waals surface area contributed by atoms with E-state index in [1.807, 2.05) is 74.5 Å². The predicted molar refractivity (Wildman–Crippen MR) is 154 cm³/mol. The summed E-state index contributed by atoms with van der Waals surface area (Å²) >= 11 is 0. The Morgan fingerprint density at radius 3 is 1.22 bits per heavy atom. The number of hydrogen-bond acceptors (Lipinski definition) is 6. The summed E-state index contributed by atoms with van der Waals surface area (Å²) in [6.07, 6.45) is 11.5. The molecule has 2 fully saturated rings. The molecule has 2 heterocycles. The number of unbranched alkanes of at least 4 members (excludes halogenated alkanes) is 7. The van der Waals surface area contributed by atoms with Crippen LogP contribution in [0.2, 0.25) is 0 Å². The smallest absolute Gasteiger partial charge is 0.397 e. The quantitative estimate of drug-likeness (QED) is 0.204. The highest BCUT2D eigenvalue weighted by Gasteiger charge is 2.44. The van der Waals surface area contributed by atoms with Crippen LogP contribution in [0.15, 0.2) is 60.7 Å². The lowest BCUT2D eigenvalue weighted by molar-refractivity contribution is -0.0672. The summed E-state index contributed by atoms with van der Waals surface area (Å²) in [6.45, 7) is 10.4. The number of para-hydroxylation sites is 2. The highest BCUT2D eigenvalue weighted by molar-refractivity contribution is 7.42. The topological polar surface area (TPSA) is 55.4 Å². The molecule has 0 aromatic heterocycles. The Bertz CT molecular complexity index is 708. The van der Waals surface area contributed by atoms with Gasteiger partial charge in [-0.15, -0.1) is 0 Å². The Kier molecular flexibility index (Phi) is 17.1. The first kappa shape index (κ1) is 32.0. The minimum absolute atomic E-state index is 0.308. The number of benzene rings is 2. The van der Waals surface area contributed by atoms with E-state index in [2.05, 4.69) is 13.8 Å². The zero-order valence-corrected chi connectivity index (χ0v) is 24.9. The molecule has 208 valence electrons. The van der Waals surface area contributed by atoms with E-state index in [9.17, 15) is 0 Å². The Balaban J connectivity index is 0.000000341. The standard InChI is InChI=1S/C17H18O6P2.C10H22.C2H6/c1-3-7-15(8-4-1)22-24-18-11-17(12-19-24)13-20-25(21-14-17)23-16-9-5-2-6-10-16;1-3-5-7-9-10-8-6-4-2;1-2/h1-10H,11-14H2;3-10H2,1-2H3;1-2H3. The SMILES string of the molecule is CC.CCCCCCCCCC.c1ccc(OP2OCC3(CO2)COP(Oc2ccccc2)OC3)cc1. The van der Waals surface area contributed by atoms with Crippen molar-refractivity contribution in [3.63, 3.8) is 0 Å². The van der Waals surface area contributed by atoms with Crippen molar-refractivity contribution in [1.29, 1.82) is 0 Å². The molecule has 2 aromatic rings. The van der Waals surface area contributed by atoms with Gasteiger partial charge in [-0.05, 0) is 24.3 Å². The second-order valence-electron chi connectivity index (χ2n) is 8.97. The van der Waals surface area contributed by atoms with Gasteiger partial charge in [0, 0.05) is 0 Å². The summed E-state index contributed by atoms with van der Waals surface area (Å²) in [7, 11) is -2.77. The van der Waals surface area contributed by atoms with Crippen molar-refractivity contribution >= 4 is 17.2 Å². The molecule has 0 atom stereocenters. The fourth-order valence-electron chi connectivity index (χ4n) is 3.53. The third-order valence-corrected chi connectivity index (χ3v) is 7.79. The molecule has 0 aliphatic carbocycles. The highest BCUT2D eigenvalue weighted by atomic mass is 31.2. The molecule has 0 radical (unpaired) electrons. The van der Waals surface area contributed by atoms with E-state index in [1.165, 1.54) is 51.4 Å². The first-order chi connectivity index (χ1) is 18.2. The van der Waals surface area contributed by atoms with Crippen LogP contribution in [0.25, 0.3) is 0 Å². The van der Waals surface area contributed by atoms with Gasteiger partial charge in [-0.2, -0.15) is 0 Å². The van der Waals surface area contributed by atoms with Crippen molar-refractivity contribution in [2.75, 3.05) is 26.4 Å². The van der Waals surface area contributed by atoms with Crippen molar-refractivity contribution in [3.05, 3.63) is 60.7 Å². The molecular formula is C29H46O6P2. The van der Waals surface area contributed by atoms with Crippen LogP contribution in [-0.2, 0) is 18.1 Å². The third kappa shape index (κ3) is 12.9. The minimum Gasteiger partial charge on any atom is -0.427 e. The minimum atomic E-state index is -1.39. The lowest BCUT2D eigenvalue weighted by Gasteiger charge is -2.41. The molecule has 2 aliphatic rings. The Morgan fingerprint density at radius 1 is 0.568 bits per heavy atom. The second-order valence-corrected chi connectivity index (χ2v) is 11.3. The van der Waals surface area contributed by atoms with Crippen molar-refractivity contribution in [3.8, 4) is 11.5 Å². The molecule has 4 rings (SSSR count). The predicted octanol–water partition coefficient (Wildman–Crippen LogP) is 9.85. The normalized spacial score (nSPS) is 22.7. The van der Waals surface area contributed by atoms with Gasteiger partial charge in [0.2, 0.25) is 0 Å². The summed E-state index contributed by atoms with van der Waals surface area (Å²) in [6, 6.07) is 19.0. The maximum atomic E-state index is 5.76. The Labute approximate surface area is 227 Å². The zero-order valence-electron chi connectivity index (χ0n) is 23.1. The van der Waals surface area contributed by atoms with Gasteiger partial charge < -0.3 is 27.1 Å². The van der Waals surface area contributed by atoms with Crippen LogP contribution in [0, 0.1) is 5.41 Å². The second kappa shape index (κ2) is 19.8. The molecular weight excluding hydrogens is 506 g/mol. The summed E-state index contributed by atoms with van der Waals surface area (Å²) in [5.41, 5.74) is -0.308. The molecule has 2 saturated heterocycles. The fourth-order valence-corrected chi connectivity index (χ4v) is 6.00. The molecule has 37 heavy (non-hydrogen) atoms. The first-order valence-electron chi connectivity index (χ1n) is 13.8. The molecule has 0 N–H and O–H groups in total. The van der Waals surface area contributed by atoms with Crippen LogP contribution in [0.4, 0.5) is 0 Å². The van der Waals surface area contributed by atoms with Crippen LogP contribution < -0.4 is 9.05 Å². The average molecular weight is 553 g/mol. The molecule has 0 unspecified atom stereocenters. The van der Waals surface area contributed by atoms with E-state index in [0.29, 0.717) is 26.4 Å². The summed E-state index contributed by atoms with van der Waals surface area (Å²) in [4.78, 5) is 0. The lowest BCUT2D eigenvalue weighted by atomic mass is 9.93. The molecule has 1 spiro atoms. The largest absolute Gasteiger partial charge is 0.427 e. The van der Waals surface area contributed by atoms with E-state index < -0.39 is 17.2 Å². The van der Waals surface area contributed by atoms with Crippen molar-refractivity contribution < 1.29 is 27.1 Å². The monoisotopic (exact) mass is 552 g/mol. The fraction of sp³-hybridized carbons (Fsp3) is 0.586. The van der Waals surface area contributed by atoms with Crippen LogP contribution in [0.3, 0.4) is 0 Å². The first-order valence-corrected chi connectivity index (χ1v) is 16.0. The van der Waals surface area contributed by atoms with Crippen LogP contribution >= 0.6 is 17.2 Å². The van der Waals surface area contributed by atoms with E-state index in [4.69, 9.17) is 27.1 Å². The van der Waals surface area contributed by atoms with Crippen molar-refractivity contribution in [1.82, 2.24) is 0 Å². The van der Waals surface area contributed by atoms with Crippen molar-refractivity contribution in [2.24, 2.45) is 5.41 Å². The van der Waals surface area contributed by atoms with Gasteiger partial charge in [0.05, 0.1) is 31.8 Å². The molecule has 0 saturated carbocycles. The van der Waals surface area contributed by atoms with Gasteiger partial charge in [-0.25, -0.2) is 0 Å². The third-order valence-electron chi connectivity index (χ3n) is 5.71. The van der Waals surface area contributed by atoms with E-state index in [0.717, 1.165) is 11.5 Å². The lowest BCUT2D eigenvalue weighted by Crippen LogP contribution is -2.45. The summed E-state index contributed by atoms with van der Waals surface area (Å²) in [5, 5.41) is 0. The molecule has 0 bridgehead atoms. The van der Waals surface area contributed by atoms with Gasteiger partial charge in [-0.3, -0.25) is 0 Å². The average Bonchev–Trinajstić information content (AvgIpc) is 2.96. The van der Waals surface area contributed by atoms with Gasteiger partial charge in [0.15, 0.2) is 0 Å². The van der Waals surface area contributed by atoms with E-state index in [1.54, 1.807) is 0 Å². The van der Waals surface area contributed by atoms with E-state index in [-0.39, 0.29) is 5.41 Å². The molecule has 2 aromatic carbocycles. The Morgan fingerprint density at radius 2 is 0.892 bits per heavy atom. The number of hydrogen-bond donors (Lipinski definition) is 0. The van der Waals surface area contributed by atoms with Gasteiger partial charge in [0.25, 0.3) is 0 Å². The van der Waals surface area contributed by atoms with Crippen LogP contribution in [0.5, 0.6) is 11.5 Å². The maximum Gasteiger partial charge on any atom is 0.397 e. The van der Waals surface area contributed by atoms with Gasteiger partial charge in [-0.1, -0.05) is 115 Å². The van der Waals surface area contributed by atoms with Gasteiger partial charge >= 0.3 is 17.2 Å². The maximum absolute atomic E-state index is 5.76. The molecule has 6 nitrogen and oxygen atoms in total.